The number of fused-ring (bicyclic) bond motifs is 2. The molecule has 0 aliphatic carbocycles. The number of ketones is 1. The summed E-state index contributed by atoms with van der Waals surface area (Å²) in [5.74, 6) is 1.02. The highest BCUT2D eigenvalue weighted by Crippen LogP contribution is 2.47. The monoisotopic (exact) mass is 456 g/mol. The third kappa shape index (κ3) is 3.26. The van der Waals surface area contributed by atoms with Gasteiger partial charge < -0.3 is 23.7 Å². The molecule has 1 amide bonds. The Morgan fingerprint density at radius 2 is 2.00 bits per heavy atom. The summed E-state index contributed by atoms with van der Waals surface area (Å²) in [4.78, 5) is 39.1. The van der Waals surface area contributed by atoms with Gasteiger partial charge in [-0.3, -0.25) is 9.59 Å². The molecular weight excluding hydrogens is 432 g/mol. The number of Topliss-reactive ketones (excluding diaryl/α,β-unsaturated/α-hetero) is 1. The lowest BCUT2D eigenvalue weighted by molar-refractivity contribution is -0.152. The number of rotatable bonds is 5. The zero-order valence-electron chi connectivity index (χ0n) is 18.2. The molecule has 2 atom stereocenters. The van der Waals surface area contributed by atoms with Crippen molar-refractivity contribution < 1.29 is 28.6 Å². The summed E-state index contributed by atoms with van der Waals surface area (Å²) in [5, 5.41) is 0. The number of thioether (sulfide) groups is 1. The van der Waals surface area contributed by atoms with Crippen LogP contribution in [0.5, 0.6) is 11.5 Å². The van der Waals surface area contributed by atoms with Gasteiger partial charge in [-0.15, -0.1) is 11.8 Å². The predicted octanol–water partition coefficient (Wildman–Crippen LogP) is 3.00. The molecule has 3 aliphatic rings. The highest BCUT2D eigenvalue weighted by Gasteiger charge is 2.53. The summed E-state index contributed by atoms with van der Waals surface area (Å²) >= 11 is 1.60. The fraction of sp³-hybridized carbons (Fsp3) is 0.435. The molecule has 5 rings (SSSR count). The first-order valence-electron chi connectivity index (χ1n) is 10.5. The van der Waals surface area contributed by atoms with E-state index < -0.39 is 12.0 Å². The van der Waals surface area contributed by atoms with Gasteiger partial charge >= 0.3 is 5.97 Å². The SMILES string of the molecule is Cc1cc(C(=O)COC(=O)[C@@H]2CS[C@@]3(C)CCC(=O)N23)c(C)n1-c1ccc2c(c1)OCO2. The molecule has 2 saturated heterocycles. The van der Waals surface area contributed by atoms with E-state index in [2.05, 4.69) is 0 Å². The number of aromatic nitrogens is 1. The Bertz CT molecular complexity index is 1140. The second-order valence-electron chi connectivity index (χ2n) is 8.45. The number of aryl methyl sites for hydroxylation is 1. The zero-order valence-corrected chi connectivity index (χ0v) is 19.0. The maximum Gasteiger partial charge on any atom is 0.330 e. The minimum absolute atomic E-state index is 0.0296. The van der Waals surface area contributed by atoms with Gasteiger partial charge in [-0.2, -0.15) is 0 Å². The van der Waals surface area contributed by atoms with Gasteiger partial charge in [-0.05, 0) is 45.4 Å². The van der Waals surface area contributed by atoms with Crippen LogP contribution in [0.15, 0.2) is 24.3 Å². The van der Waals surface area contributed by atoms with Crippen LogP contribution < -0.4 is 9.47 Å². The Kier molecular flexibility index (Phi) is 4.96. The van der Waals surface area contributed by atoms with Gasteiger partial charge in [0.1, 0.15) is 6.04 Å². The number of amides is 1. The Labute approximate surface area is 189 Å². The van der Waals surface area contributed by atoms with Crippen LogP contribution in [0, 0.1) is 13.8 Å². The quantitative estimate of drug-likeness (QED) is 0.505. The number of nitrogens with zero attached hydrogens (tertiary/aromatic N) is 2. The van der Waals surface area contributed by atoms with Crippen molar-refractivity contribution in [3.63, 3.8) is 0 Å². The number of benzene rings is 1. The summed E-state index contributed by atoms with van der Waals surface area (Å²) < 4.78 is 18.2. The van der Waals surface area contributed by atoms with Gasteiger partial charge in [0.2, 0.25) is 18.5 Å². The van der Waals surface area contributed by atoms with Crippen molar-refractivity contribution in [2.24, 2.45) is 0 Å². The first-order chi connectivity index (χ1) is 15.3. The van der Waals surface area contributed by atoms with Crippen LogP contribution in [0.25, 0.3) is 5.69 Å². The lowest BCUT2D eigenvalue weighted by Crippen LogP contribution is -2.46. The van der Waals surface area contributed by atoms with Crippen molar-refractivity contribution in [3.8, 4) is 17.2 Å². The molecule has 3 aliphatic heterocycles. The van der Waals surface area contributed by atoms with E-state index in [1.54, 1.807) is 22.7 Å². The average Bonchev–Trinajstić information content (AvgIpc) is 3.50. The molecule has 1 aromatic carbocycles. The Balaban J connectivity index is 1.30. The minimum atomic E-state index is -0.631. The number of hydrogen-bond acceptors (Lipinski definition) is 7. The number of hydrogen-bond donors (Lipinski definition) is 0. The topological polar surface area (TPSA) is 87.1 Å². The van der Waals surface area contributed by atoms with Gasteiger partial charge in [0.15, 0.2) is 18.1 Å². The van der Waals surface area contributed by atoms with Crippen LogP contribution in [0.4, 0.5) is 0 Å². The molecule has 0 saturated carbocycles. The molecule has 0 radical (unpaired) electrons. The first-order valence-corrected chi connectivity index (χ1v) is 11.5. The molecule has 4 heterocycles. The zero-order chi connectivity index (χ0) is 22.6. The summed E-state index contributed by atoms with van der Waals surface area (Å²) in [6.45, 7) is 5.58. The summed E-state index contributed by atoms with van der Waals surface area (Å²) in [7, 11) is 0. The summed E-state index contributed by atoms with van der Waals surface area (Å²) in [6, 6.07) is 6.78. The van der Waals surface area contributed by atoms with Crippen LogP contribution in [0.3, 0.4) is 0 Å². The lowest BCUT2D eigenvalue weighted by Gasteiger charge is -2.29. The second kappa shape index (κ2) is 7.58. The number of esters is 1. The Morgan fingerprint density at radius 1 is 1.22 bits per heavy atom. The molecule has 1 aromatic heterocycles. The fourth-order valence-electron chi connectivity index (χ4n) is 4.77. The highest BCUT2D eigenvalue weighted by molar-refractivity contribution is 8.01. The van der Waals surface area contributed by atoms with E-state index in [9.17, 15) is 14.4 Å². The van der Waals surface area contributed by atoms with Crippen LogP contribution >= 0.6 is 11.8 Å². The minimum Gasteiger partial charge on any atom is -0.456 e. The highest BCUT2D eigenvalue weighted by atomic mass is 32.2. The van der Waals surface area contributed by atoms with Crippen molar-refractivity contribution in [3.05, 3.63) is 41.2 Å². The number of ether oxygens (including phenoxy) is 3. The predicted molar refractivity (Wildman–Crippen MR) is 117 cm³/mol. The molecule has 168 valence electrons. The van der Waals surface area contributed by atoms with Crippen molar-refractivity contribution in [1.29, 1.82) is 0 Å². The van der Waals surface area contributed by atoms with Crippen molar-refractivity contribution in [2.45, 2.75) is 44.5 Å². The standard InChI is InChI=1S/C23H24N2O6S/c1-13-8-16(14(2)24(13)15-4-5-19-20(9-15)31-12-30-19)18(26)10-29-22(28)17-11-32-23(3)7-6-21(27)25(17)23/h4-5,8-9,17H,6-7,10-12H2,1-3H3/t17-,23-/m0/s1. The van der Waals surface area contributed by atoms with Crippen LogP contribution in [-0.2, 0) is 14.3 Å². The molecule has 0 spiro atoms. The van der Waals surface area contributed by atoms with Crippen molar-refractivity contribution in [1.82, 2.24) is 9.47 Å². The molecule has 8 nitrogen and oxygen atoms in total. The van der Waals surface area contributed by atoms with E-state index in [1.807, 2.05) is 43.5 Å². The summed E-state index contributed by atoms with van der Waals surface area (Å²) in [5.41, 5.74) is 2.98. The fourth-order valence-corrected chi connectivity index (χ4v) is 6.19. The number of carbonyl (C=O) groups is 3. The Morgan fingerprint density at radius 3 is 2.81 bits per heavy atom. The van der Waals surface area contributed by atoms with Gasteiger partial charge in [-0.25, -0.2) is 4.79 Å². The van der Waals surface area contributed by atoms with Gasteiger partial charge in [0, 0.05) is 40.9 Å². The maximum atomic E-state index is 12.9. The average molecular weight is 457 g/mol. The first kappa shape index (κ1) is 20.9. The smallest absolute Gasteiger partial charge is 0.330 e. The van der Waals surface area contributed by atoms with Crippen LogP contribution in [0.2, 0.25) is 0 Å². The second-order valence-corrected chi connectivity index (χ2v) is 9.96. The molecule has 0 N–H and O–H groups in total. The normalized spacial score (nSPS) is 23.5. The van der Waals surface area contributed by atoms with Gasteiger partial charge in [-0.1, -0.05) is 0 Å². The molecule has 9 heteroatoms. The third-order valence-corrected chi connectivity index (χ3v) is 7.91. The van der Waals surface area contributed by atoms with Gasteiger partial charge in [0.25, 0.3) is 0 Å². The van der Waals surface area contributed by atoms with Crippen LogP contribution in [-0.4, -0.2) is 57.2 Å². The maximum absolute atomic E-state index is 12.9. The van der Waals surface area contributed by atoms with Crippen molar-refractivity contribution in [2.75, 3.05) is 19.2 Å². The van der Waals surface area contributed by atoms with E-state index >= 15 is 0 Å². The molecule has 2 aromatic rings. The summed E-state index contributed by atoms with van der Waals surface area (Å²) in [6.07, 6.45) is 1.17. The largest absolute Gasteiger partial charge is 0.456 e. The number of carbonyl (C=O) groups excluding carboxylic acids is 3. The third-order valence-electron chi connectivity index (χ3n) is 6.41. The van der Waals surface area contributed by atoms with Gasteiger partial charge in [0.05, 0.1) is 4.87 Å². The Hall–Kier alpha value is -2.94. The van der Waals surface area contributed by atoms with Crippen molar-refractivity contribution >= 4 is 29.4 Å². The van der Waals surface area contributed by atoms with E-state index in [0.29, 0.717) is 29.2 Å². The van der Waals surface area contributed by atoms with Crippen LogP contribution in [0.1, 0.15) is 41.5 Å². The van der Waals surface area contributed by atoms with E-state index in [1.165, 1.54) is 0 Å². The molecule has 2 fully saturated rings. The molecule has 32 heavy (non-hydrogen) atoms. The van der Waals surface area contributed by atoms with E-state index in [-0.39, 0.29) is 30.0 Å². The molecule has 0 bridgehead atoms. The van der Waals surface area contributed by atoms with E-state index in [4.69, 9.17) is 14.2 Å². The molecule has 0 unspecified atom stereocenters. The lowest BCUT2D eigenvalue weighted by atomic mass is 10.1. The van der Waals surface area contributed by atoms with E-state index in [0.717, 1.165) is 23.5 Å². The molecular formula is C23H24N2O6S.